The van der Waals surface area contributed by atoms with E-state index >= 15 is 0 Å². The number of rotatable bonds is 5. The third-order valence-electron chi connectivity index (χ3n) is 2.90. The Bertz CT molecular complexity index is 722. The zero-order chi connectivity index (χ0) is 17.0. The number of benzene rings is 1. The van der Waals surface area contributed by atoms with Crippen LogP contribution in [0.2, 0.25) is 10.0 Å². The molecule has 8 heteroatoms. The quantitative estimate of drug-likeness (QED) is 0.633. The Morgan fingerprint density at radius 2 is 2.09 bits per heavy atom. The number of thiophene rings is 1. The number of carbonyl (C=O) groups is 2. The maximum Gasteiger partial charge on any atom is 0.340 e. The van der Waals surface area contributed by atoms with Crippen LogP contribution in [0.5, 0.6) is 0 Å². The van der Waals surface area contributed by atoms with Crippen LogP contribution < -0.4 is 5.32 Å². The van der Waals surface area contributed by atoms with Crippen molar-refractivity contribution in [2.75, 3.05) is 0 Å². The van der Waals surface area contributed by atoms with Crippen LogP contribution in [-0.2, 0) is 16.1 Å². The van der Waals surface area contributed by atoms with E-state index in [0.717, 1.165) is 17.0 Å². The number of hydrogen-bond acceptors (Lipinski definition) is 4. The Labute approximate surface area is 146 Å². The fourth-order valence-electron chi connectivity index (χ4n) is 1.69. The molecule has 0 aliphatic rings. The summed E-state index contributed by atoms with van der Waals surface area (Å²) in [6, 6.07) is 5.73. The molecule has 0 aliphatic carbocycles. The summed E-state index contributed by atoms with van der Waals surface area (Å²) in [5.41, 5.74) is -0.188. The van der Waals surface area contributed by atoms with Crippen molar-refractivity contribution < 1.29 is 18.7 Å². The van der Waals surface area contributed by atoms with Gasteiger partial charge in [-0.3, -0.25) is 4.79 Å². The predicted octanol–water partition coefficient (Wildman–Crippen LogP) is 4.06. The summed E-state index contributed by atoms with van der Waals surface area (Å²) >= 11 is 12.9. The molecule has 0 saturated heterocycles. The van der Waals surface area contributed by atoms with E-state index in [1.165, 1.54) is 18.3 Å². The molecule has 1 N–H and O–H groups in total. The topological polar surface area (TPSA) is 55.4 Å². The van der Waals surface area contributed by atoms with Gasteiger partial charge in [0.15, 0.2) is 6.10 Å². The highest BCUT2D eigenvalue weighted by Gasteiger charge is 2.21. The number of ether oxygens (including phenoxy) is 1. The number of hydrogen-bond donors (Lipinski definition) is 1. The normalized spacial score (nSPS) is 11.8. The van der Waals surface area contributed by atoms with Crippen molar-refractivity contribution in [1.82, 2.24) is 5.32 Å². The third-order valence-corrected chi connectivity index (χ3v) is 4.38. The van der Waals surface area contributed by atoms with Gasteiger partial charge in [0.05, 0.1) is 22.2 Å². The molecule has 0 fully saturated rings. The maximum absolute atomic E-state index is 13.4. The maximum atomic E-state index is 13.4. The molecule has 1 aromatic carbocycles. The van der Waals surface area contributed by atoms with Gasteiger partial charge in [-0.25, -0.2) is 9.18 Å². The Morgan fingerprint density at radius 1 is 1.35 bits per heavy atom. The van der Waals surface area contributed by atoms with E-state index in [1.54, 1.807) is 0 Å². The first-order valence-electron chi connectivity index (χ1n) is 6.54. The van der Waals surface area contributed by atoms with Crippen LogP contribution in [0.3, 0.4) is 0 Å². The summed E-state index contributed by atoms with van der Waals surface area (Å²) in [6.45, 7) is 1.76. The summed E-state index contributed by atoms with van der Waals surface area (Å²) in [6.07, 6.45) is -1.04. The second kappa shape index (κ2) is 7.77. The lowest BCUT2D eigenvalue weighted by atomic mass is 10.2. The lowest BCUT2D eigenvalue weighted by molar-refractivity contribution is -0.129. The van der Waals surface area contributed by atoms with Crippen molar-refractivity contribution in [3.8, 4) is 0 Å². The Hall–Kier alpha value is -1.63. The molecule has 0 spiro atoms. The highest BCUT2D eigenvalue weighted by Crippen LogP contribution is 2.25. The SMILES string of the molecule is C[C@@H](OC(=O)c1cc(F)c(Cl)cc1Cl)C(=O)NCc1cccs1. The van der Waals surface area contributed by atoms with Gasteiger partial charge in [0.2, 0.25) is 0 Å². The van der Waals surface area contributed by atoms with Crippen molar-refractivity contribution in [2.45, 2.75) is 19.6 Å². The third kappa shape index (κ3) is 4.67. The smallest absolute Gasteiger partial charge is 0.340 e. The molecule has 0 saturated carbocycles. The van der Waals surface area contributed by atoms with Gasteiger partial charge in [0, 0.05) is 4.88 Å². The van der Waals surface area contributed by atoms with E-state index in [0.29, 0.717) is 6.54 Å². The summed E-state index contributed by atoms with van der Waals surface area (Å²) in [7, 11) is 0. The summed E-state index contributed by atoms with van der Waals surface area (Å²) in [4.78, 5) is 24.9. The minimum Gasteiger partial charge on any atom is -0.449 e. The van der Waals surface area contributed by atoms with E-state index in [-0.39, 0.29) is 15.6 Å². The molecule has 1 aromatic heterocycles. The molecular weight excluding hydrogens is 364 g/mol. The number of esters is 1. The van der Waals surface area contributed by atoms with E-state index < -0.39 is 23.8 Å². The van der Waals surface area contributed by atoms with Crippen molar-refractivity contribution in [2.24, 2.45) is 0 Å². The second-order valence-electron chi connectivity index (χ2n) is 4.59. The number of carbonyl (C=O) groups excluding carboxylic acids is 2. The minimum absolute atomic E-state index is 0.0485. The van der Waals surface area contributed by atoms with Crippen LogP contribution in [0.25, 0.3) is 0 Å². The average Bonchev–Trinajstić information content (AvgIpc) is 3.01. The van der Waals surface area contributed by atoms with Crippen LogP contribution in [0.15, 0.2) is 29.6 Å². The molecule has 2 aromatic rings. The van der Waals surface area contributed by atoms with Gasteiger partial charge in [-0.05, 0) is 30.5 Å². The van der Waals surface area contributed by atoms with Crippen LogP contribution in [0, 0.1) is 5.82 Å². The van der Waals surface area contributed by atoms with Gasteiger partial charge in [0.25, 0.3) is 5.91 Å². The second-order valence-corrected chi connectivity index (χ2v) is 6.44. The van der Waals surface area contributed by atoms with Gasteiger partial charge in [0.1, 0.15) is 5.82 Å². The molecule has 1 atom stereocenters. The molecule has 1 heterocycles. The van der Waals surface area contributed by atoms with Crippen molar-refractivity contribution in [3.63, 3.8) is 0 Å². The molecule has 1 amide bonds. The minimum atomic E-state index is -1.04. The van der Waals surface area contributed by atoms with Gasteiger partial charge in [-0.1, -0.05) is 29.3 Å². The fraction of sp³-hybridized carbons (Fsp3) is 0.200. The largest absolute Gasteiger partial charge is 0.449 e. The average molecular weight is 376 g/mol. The van der Waals surface area contributed by atoms with Crippen molar-refractivity contribution in [1.29, 1.82) is 0 Å². The van der Waals surface area contributed by atoms with Crippen LogP contribution in [0.1, 0.15) is 22.2 Å². The number of amides is 1. The highest BCUT2D eigenvalue weighted by molar-refractivity contribution is 7.09. The summed E-state index contributed by atoms with van der Waals surface area (Å²) in [5.74, 6) is -2.15. The number of halogens is 3. The molecule has 2 rings (SSSR count). The molecule has 0 unspecified atom stereocenters. The zero-order valence-electron chi connectivity index (χ0n) is 11.9. The molecule has 23 heavy (non-hydrogen) atoms. The van der Waals surface area contributed by atoms with Gasteiger partial charge in [-0.15, -0.1) is 11.3 Å². The van der Waals surface area contributed by atoms with Gasteiger partial charge in [-0.2, -0.15) is 0 Å². The monoisotopic (exact) mass is 375 g/mol. The van der Waals surface area contributed by atoms with E-state index in [4.69, 9.17) is 27.9 Å². The summed E-state index contributed by atoms with van der Waals surface area (Å²) in [5, 5.41) is 4.28. The first kappa shape index (κ1) is 17.7. The molecule has 4 nitrogen and oxygen atoms in total. The first-order valence-corrected chi connectivity index (χ1v) is 8.17. The standard InChI is InChI=1S/C15H12Cl2FNO3S/c1-8(14(20)19-7-9-3-2-4-23-9)22-15(21)10-5-13(18)12(17)6-11(10)16/h2-6,8H,7H2,1H3,(H,19,20)/t8-/m1/s1. The van der Waals surface area contributed by atoms with Gasteiger partial charge < -0.3 is 10.1 Å². The molecule has 0 bridgehead atoms. The highest BCUT2D eigenvalue weighted by atomic mass is 35.5. The lowest BCUT2D eigenvalue weighted by Crippen LogP contribution is -2.35. The van der Waals surface area contributed by atoms with Crippen LogP contribution in [-0.4, -0.2) is 18.0 Å². The summed E-state index contributed by atoms with van der Waals surface area (Å²) < 4.78 is 18.4. The Balaban J connectivity index is 1.96. The molecule has 0 radical (unpaired) electrons. The van der Waals surface area contributed by atoms with Crippen LogP contribution in [0.4, 0.5) is 4.39 Å². The Kier molecular flexibility index (Phi) is 5.98. The van der Waals surface area contributed by atoms with Gasteiger partial charge >= 0.3 is 5.97 Å². The fourth-order valence-corrected chi connectivity index (χ4v) is 2.79. The molecule has 122 valence electrons. The van der Waals surface area contributed by atoms with Crippen LogP contribution >= 0.6 is 34.5 Å². The number of nitrogens with one attached hydrogen (secondary N) is 1. The van der Waals surface area contributed by atoms with E-state index in [2.05, 4.69) is 5.32 Å². The first-order chi connectivity index (χ1) is 10.9. The molecule has 0 aliphatic heterocycles. The van der Waals surface area contributed by atoms with Crippen molar-refractivity contribution in [3.05, 3.63) is 55.9 Å². The van der Waals surface area contributed by atoms with E-state index in [1.807, 2.05) is 17.5 Å². The van der Waals surface area contributed by atoms with Crippen molar-refractivity contribution >= 4 is 46.4 Å². The Morgan fingerprint density at radius 3 is 2.74 bits per heavy atom. The van der Waals surface area contributed by atoms with E-state index in [9.17, 15) is 14.0 Å². The predicted molar refractivity (Wildman–Crippen MR) is 87.5 cm³/mol. The molecular formula is C15H12Cl2FNO3S. The zero-order valence-corrected chi connectivity index (χ0v) is 14.3. The lowest BCUT2D eigenvalue weighted by Gasteiger charge is -2.14.